The molecule has 2 aromatic rings. The number of hydrogen-bond acceptors (Lipinski definition) is 2. The van der Waals surface area contributed by atoms with Crippen LogP contribution in [0.25, 0.3) is 0 Å². The number of halogens is 1. The van der Waals surface area contributed by atoms with Gasteiger partial charge in [-0.05, 0) is 37.6 Å². The molecule has 0 atom stereocenters. The molecule has 0 spiro atoms. The number of carbonyl (C=O) groups excluding carboxylic acids is 1. The number of rotatable bonds is 3. The average Bonchev–Trinajstić information content (AvgIpc) is 2.66. The van der Waals surface area contributed by atoms with Crippen LogP contribution in [0.3, 0.4) is 0 Å². The summed E-state index contributed by atoms with van der Waals surface area (Å²) in [5, 5.41) is 3.59. The van der Waals surface area contributed by atoms with Gasteiger partial charge in [-0.1, -0.05) is 23.7 Å². The van der Waals surface area contributed by atoms with Gasteiger partial charge in [0.15, 0.2) is 0 Å². The van der Waals surface area contributed by atoms with Crippen molar-refractivity contribution < 1.29 is 4.79 Å². The predicted octanol–water partition coefficient (Wildman–Crippen LogP) is 3.95. The molecule has 0 aliphatic rings. The zero-order valence-corrected chi connectivity index (χ0v) is 11.9. The standard InChI is InChI=1S/C14H14ClNOS/c1-9-6-13(10(2)18-9)14(17)16-8-11-4-3-5-12(15)7-11/h3-7H,8H2,1-2H3,(H,16,17). The van der Waals surface area contributed by atoms with Gasteiger partial charge in [0.2, 0.25) is 0 Å². The van der Waals surface area contributed by atoms with Crippen molar-refractivity contribution in [1.29, 1.82) is 0 Å². The Balaban J connectivity index is 2.03. The van der Waals surface area contributed by atoms with Crippen molar-refractivity contribution in [2.45, 2.75) is 20.4 Å². The number of aryl methyl sites for hydroxylation is 2. The first-order chi connectivity index (χ1) is 8.56. The fraction of sp³-hybridized carbons (Fsp3) is 0.214. The van der Waals surface area contributed by atoms with Gasteiger partial charge in [0.25, 0.3) is 5.91 Å². The molecule has 0 aliphatic heterocycles. The van der Waals surface area contributed by atoms with E-state index in [4.69, 9.17) is 11.6 Å². The van der Waals surface area contributed by atoms with E-state index < -0.39 is 0 Å². The number of thiophene rings is 1. The lowest BCUT2D eigenvalue weighted by Crippen LogP contribution is -2.22. The topological polar surface area (TPSA) is 29.1 Å². The molecule has 0 saturated heterocycles. The highest BCUT2D eigenvalue weighted by Gasteiger charge is 2.11. The predicted molar refractivity (Wildman–Crippen MR) is 76.4 cm³/mol. The summed E-state index contributed by atoms with van der Waals surface area (Å²) in [6.07, 6.45) is 0. The Kier molecular flexibility index (Phi) is 4.04. The minimum atomic E-state index is -0.0307. The molecule has 0 aliphatic carbocycles. The molecule has 1 heterocycles. The lowest BCUT2D eigenvalue weighted by atomic mass is 10.2. The van der Waals surface area contributed by atoms with Crippen LogP contribution >= 0.6 is 22.9 Å². The largest absolute Gasteiger partial charge is 0.348 e. The Bertz CT molecular complexity index is 577. The molecule has 2 nitrogen and oxygen atoms in total. The van der Waals surface area contributed by atoms with Crippen LogP contribution in [0.1, 0.15) is 25.7 Å². The van der Waals surface area contributed by atoms with E-state index in [2.05, 4.69) is 5.32 Å². The smallest absolute Gasteiger partial charge is 0.252 e. The zero-order chi connectivity index (χ0) is 13.1. The van der Waals surface area contributed by atoms with Crippen LogP contribution in [0.4, 0.5) is 0 Å². The highest BCUT2D eigenvalue weighted by atomic mass is 35.5. The third-order valence-corrected chi connectivity index (χ3v) is 3.83. The quantitative estimate of drug-likeness (QED) is 0.906. The molecule has 18 heavy (non-hydrogen) atoms. The third kappa shape index (κ3) is 3.12. The van der Waals surface area contributed by atoms with Gasteiger partial charge in [-0.2, -0.15) is 0 Å². The van der Waals surface area contributed by atoms with Crippen molar-refractivity contribution >= 4 is 28.8 Å². The van der Waals surface area contributed by atoms with Crippen molar-refractivity contribution in [3.05, 3.63) is 56.2 Å². The van der Waals surface area contributed by atoms with Crippen molar-refractivity contribution in [1.82, 2.24) is 5.32 Å². The monoisotopic (exact) mass is 279 g/mol. The van der Waals surface area contributed by atoms with Gasteiger partial charge >= 0.3 is 0 Å². The maximum absolute atomic E-state index is 12.0. The lowest BCUT2D eigenvalue weighted by Gasteiger charge is -2.05. The van der Waals surface area contributed by atoms with Crippen LogP contribution in [0.15, 0.2) is 30.3 Å². The number of nitrogens with one attached hydrogen (secondary N) is 1. The normalized spacial score (nSPS) is 10.4. The zero-order valence-electron chi connectivity index (χ0n) is 10.3. The van der Waals surface area contributed by atoms with Crippen molar-refractivity contribution in [3.8, 4) is 0 Å². The van der Waals surface area contributed by atoms with E-state index in [-0.39, 0.29) is 5.91 Å². The first-order valence-electron chi connectivity index (χ1n) is 5.66. The summed E-state index contributed by atoms with van der Waals surface area (Å²) in [5.41, 5.74) is 1.76. The Morgan fingerprint density at radius 1 is 1.33 bits per heavy atom. The molecule has 2 rings (SSSR count). The number of benzene rings is 1. The van der Waals surface area contributed by atoms with Gasteiger partial charge in [0.05, 0.1) is 5.56 Å². The van der Waals surface area contributed by atoms with Gasteiger partial charge in [-0.15, -0.1) is 11.3 Å². The fourth-order valence-corrected chi connectivity index (χ4v) is 2.91. The summed E-state index contributed by atoms with van der Waals surface area (Å²) in [5.74, 6) is -0.0307. The Morgan fingerprint density at radius 3 is 2.72 bits per heavy atom. The summed E-state index contributed by atoms with van der Waals surface area (Å²) >= 11 is 7.53. The van der Waals surface area contributed by atoms with Crippen LogP contribution in [-0.2, 0) is 6.54 Å². The molecule has 0 fully saturated rings. The van der Waals surface area contributed by atoms with Crippen molar-refractivity contribution in [2.75, 3.05) is 0 Å². The summed E-state index contributed by atoms with van der Waals surface area (Å²) in [7, 11) is 0. The molecule has 1 N–H and O–H groups in total. The van der Waals surface area contributed by atoms with Gasteiger partial charge in [0, 0.05) is 21.3 Å². The molecule has 4 heteroatoms. The van der Waals surface area contributed by atoms with Crippen molar-refractivity contribution in [3.63, 3.8) is 0 Å². The molecule has 0 radical (unpaired) electrons. The van der Waals surface area contributed by atoms with E-state index >= 15 is 0 Å². The summed E-state index contributed by atoms with van der Waals surface area (Å²) < 4.78 is 0. The highest BCUT2D eigenvalue weighted by molar-refractivity contribution is 7.12. The molecule has 1 aromatic heterocycles. The van der Waals surface area contributed by atoms with Crippen molar-refractivity contribution in [2.24, 2.45) is 0 Å². The third-order valence-electron chi connectivity index (χ3n) is 2.63. The second-order valence-electron chi connectivity index (χ2n) is 4.14. The fourth-order valence-electron chi connectivity index (χ4n) is 1.78. The Hall–Kier alpha value is -1.32. The van der Waals surface area contributed by atoms with Gasteiger partial charge in [-0.25, -0.2) is 0 Å². The minimum absolute atomic E-state index is 0.0307. The van der Waals surface area contributed by atoms with Crippen LogP contribution < -0.4 is 5.32 Å². The molecular weight excluding hydrogens is 266 g/mol. The van der Waals surface area contributed by atoms with E-state index in [1.165, 1.54) is 0 Å². The second kappa shape index (κ2) is 5.55. The van der Waals surface area contributed by atoms with E-state index in [0.717, 1.165) is 20.9 Å². The van der Waals surface area contributed by atoms with Crippen LogP contribution in [0.2, 0.25) is 5.02 Å². The minimum Gasteiger partial charge on any atom is -0.348 e. The lowest BCUT2D eigenvalue weighted by molar-refractivity contribution is 0.0951. The highest BCUT2D eigenvalue weighted by Crippen LogP contribution is 2.20. The molecule has 1 aromatic carbocycles. The Labute approximate surface area is 116 Å². The van der Waals surface area contributed by atoms with E-state index in [1.807, 2.05) is 44.2 Å². The van der Waals surface area contributed by atoms with Crippen LogP contribution in [-0.4, -0.2) is 5.91 Å². The summed E-state index contributed by atoms with van der Waals surface area (Å²) in [4.78, 5) is 14.2. The molecule has 1 amide bonds. The van der Waals surface area contributed by atoms with Gasteiger partial charge in [0.1, 0.15) is 0 Å². The maximum Gasteiger partial charge on any atom is 0.252 e. The Morgan fingerprint density at radius 2 is 2.11 bits per heavy atom. The first kappa shape index (κ1) is 13.1. The van der Waals surface area contributed by atoms with Gasteiger partial charge in [-0.3, -0.25) is 4.79 Å². The summed E-state index contributed by atoms with van der Waals surface area (Å²) in [6.45, 7) is 4.46. The first-order valence-corrected chi connectivity index (χ1v) is 6.85. The van der Waals surface area contributed by atoms with Crippen LogP contribution in [0, 0.1) is 13.8 Å². The van der Waals surface area contributed by atoms with E-state index in [0.29, 0.717) is 11.6 Å². The molecule has 0 unspecified atom stereocenters. The molecular formula is C14H14ClNOS. The summed E-state index contributed by atoms with van der Waals surface area (Å²) in [6, 6.07) is 9.42. The maximum atomic E-state index is 12.0. The SMILES string of the molecule is Cc1cc(C(=O)NCc2cccc(Cl)c2)c(C)s1. The molecule has 94 valence electrons. The average molecular weight is 280 g/mol. The second-order valence-corrected chi connectivity index (χ2v) is 6.04. The van der Waals surface area contributed by atoms with Gasteiger partial charge < -0.3 is 5.32 Å². The van der Waals surface area contributed by atoms with E-state index in [1.54, 1.807) is 11.3 Å². The molecule has 0 bridgehead atoms. The molecule has 0 saturated carbocycles. The van der Waals surface area contributed by atoms with Crippen LogP contribution in [0.5, 0.6) is 0 Å². The number of hydrogen-bond donors (Lipinski definition) is 1. The number of amides is 1. The number of carbonyl (C=O) groups is 1. The van der Waals surface area contributed by atoms with E-state index in [9.17, 15) is 4.79 Å².